The predicted octanol–water partition coefficient (Wildman–Crippen LogP) is 6.01. The maximum absolute atomic E-state index is 6.57. The quantitative estimate of drug-likeness (QED) is 0.205. The smallest absolute Gasteiger partial charge is 0.215 e. The van der Waals surface area contributed by atoms with Gasteiger partial charge in [-0.3, -0.25) is 4.90 Å². The first-order valence-corrected chi connectivity index (χ1v) is 14.4. The number of rotatable bonds is 13. The second-order valence-electron chi connectivity index (χ2n) is 9.95. The summed E-state index contributed by atoms with van der Waals surface area (Å²) in [6.07, 6.45) is 9.32. The van der Waals surface area contributed by atoms with Gasteiger partial charge in [0.1, 0.15) is 18.5 Å². The number of halogens is 2. The van der Waals surface area contributed by atoms with Gasteiger partial charge >= 0.3 is 0 Å². The van der Waals surface area contributed by atoms with E-state index in [1.165, 1.54) is 11.1 Å². The summed E-state index contributed by atoms with van der Waals surface area (Å²) in [6.45, 7) is 4.12. The fourth-order valence-corrected chi connectivity index (χ4v) is 5.39. The van der Waals surface area contributed by atoms with Crippen molar-refractivity contribution in [2.45, 2.75) is 25.0 Å². The van der Waals surface area contributed by atoms with Gasteiger partial charge in [-0.05, 0) is 35.4 Å². The van der Waals surface area contributed by atoms with Crippen LogP contribution < -0.4 is 10.5 Å². The van der Waals surface area contributed by atoms with Gasteiger partial charge in [-0.1, -0.05) is 83.9 Å². The van der Waals surface area contributed by atoms with Crippen molar-refractivity contribution in [3.8, 4) is 5.75 Å². The van der Waals surface area contributed by atoms with E-state index < -0.39 is 5.79 Å². The maximum atomic E-state index is 6.57. The molecule has 0 radical (unpaired) electrons. The van der Waals surface area contributed by atoms with E-state index in [0.717, 1.165) is 25.4 Å². The van der Waals surface area contributed by atoms with Crippen LogP contribution in [0.15, 0.2) is 97.6 Å². The molecule has 9 heteroatoms. The van der Waals surface area contributed by atoms with Gasteiger partial charge in [-0.25, -0.2) is 4.98 Å². The highest BCUT2D eigenvalue weighted by Gasteiger charge is 2.45. The Bertz CT molecular complexity index is 1400. The number of ether oxygens (including phenoxy) is 3. The molecule has 2 heterocycles. The lowest BCUT2D eigenvalue weighted by atomic mass is 10.1. The third kappa shape index (κ3) is 7.98. The van der Waals surface area contributed by atoms with Crippen molar-refractivity contribution >= 4 is 29.3 Å². The molecule has 0 saturated carbocycles. The van der Waals surface area contributed by atoms with Gasteiger partial charge in [0.2, 0.25) is 5.79 Å². The van der Waals surface area contributed by atoms with Crippen LogP contribution in [0.5, 0.6) is 5.75 Å². The molecule has 0 aliphatic carbocycles. The van der Waals surface area contributed by atoms with Crippen LogP contribution in [0.4, 0.5) is 0 Å². The van der Waals surface area contributed by atoms with Crippen LogP contribution in [0, 0.1) is 0 Å². The van der Waals surface area contributed by atoms with E-state index in [1.54, 1.807) is 24.7 Å². The summed E-state index contributed by atoms with van der Waals surface area (Å²) in [5, 5.41) is 1.03. The molecule has 0 spiro atoms. The average Bonchev–Trinajstić information content (AvgIpc) is 3.64. The topological polar surface area (TPSA) is 74.8 Å². The van der Waals surface area contributed by atoms with Crippen LogP contribution >= 0.6 is 23.2 Å². The van der Waals surface area contributed by atoms with E-state index in [1.807, 2.05) is 47.2 Å². The molecular weight excluding hydrogens is 559 g/mol. The highest BCUT2D eigenvalue weighted by atomic mass is 35.5. The Hall–Kier alpha value is -3.17. The van der Waals surface area contributed by atoms with Crippen LogP contribution in [0.2, 0.25) is 10.0 Å². The monoisotopic (exact) mass is 592 g/mol. The predicted molar refractivity (Wildman–Crippen MR) is 163 cm³/mol. The molecule has 7 nitrogen and oxygen atoms in total. The Balaban J connectivity index is 1.17. The normalized spacial score (nSPS) is 18.9. The first-order chi connectivity index (χ1) is 20.0. The molecule has 1 saturated heterocycles. The summed E-state index contributed by atoms with van der Waals surface area (Å²) in [7, 11) is 0. The average molecular weight is 594 g/mol. The van der Waals surface area contributed by atoms with Gasteiger partial charge in [-0.2, -0.15) is 0 Å². The van der Waals surface area contributed by atoms with Crippen LogP contribution in [-0.2, 0) is 28.4 Å². The minimum Gasteiger partial charge on any atom is -0.491 e. The molecule has 214 valence electrons. The van der Waals surface area contributed by atoms with E-state index in [-0.39, 0.29) is 6.10 Å². The van der Waals surface area contributed by atoms with Crippen molar-refractivity contribution in [3.05, 3.63) is 124 Å². The number of nitrogens with two attached hydrogens (primary N) is 1. The van der Waals surface area contributed by atoms with Crippen molar-refractivity contribution in [1.82, 2.24) is 14.5 Å². The summed E-state index contributed by atoms with van der Waals surface area (Å²) in [5.41, 5.74) is 8.96. The lowest BCUT2D eigenvalue weighted by Crippen LogP contribution is -2.34. The summed E-state index contributed by atoms with van der Waals surface area (Å²) in [5.74, 6) is -0.315. The number of nitrogens with zero attached hydrogens (tertiary/aromatic N) is 3. The van der Waals surface area contributed by atoms with Gasteiger partial charge in [0, 0.05) is 49.2 Å². The first kappa shape index (κ1) is 29.3. The lowest BCUT2D eigenvalue weighted by molar-refractivity contribution is -0.189. The van der Waals surface area contributed by atoms with E-state index in [0.29, 0.717) is 41.9 Å². The second-order valence-corrected chi connectivity index (χ2v) is 10.8. The molecule has 4 aromatic rings. The van der Waals surface area contributed by atoms with Gasteiger partial charge in [0.15, 0.2) is 0 Å². The molecule has 41 heavy (non-hydrogen) atoms. The van der Waals surface area contributed by atoms with Gasteiger partial charge in [0.05, 0.1) is 24.5 Å². The second kappa shape index (κ2) is 14.1. The minimum absolute atomic E-state index is 0.290. The molecule has 0 bridgehead atoms. The molecule has 5 rings (SSSR count). The third-order valence-electron chi connectivity index (χ3n) is 6.84. The largest absolute Gasteiger partial charge is 0.491 e. The molecular formula is C32H34Cl2N4O3. The molecule has 0 unspecified atom stereocenters. The lowest BCUT2D eigenvalue weighted by Gasteiger charge is -2.30. The van der Waals surface area contributed by atoms with Crippen molar-refractivity contribution in [3.63, 3.8) is 0 Å². The van der Waals surface area contributed by atoms with Crippen molar-refractivity contribution in [2.75, 3.05) is 32.8 Å². The molecule has 1 aliphatic heterocycles. The van der Waals surface area contributed by atoms with Crippen molar-refractivity contribution < 1.29 is 14.2 Å². The fourth-order valence-electron chi connectivity index (χ4n) is 4.83. The zero-order valence-electron chi connectivity index (χ0n) is 22.7. The third-order valence-corrected chi connectivity index (χ3v) is 7.38. The van der Waals surface area contributed by atoms with Crippen LogP contribution in [0.1, 0.15) is 16.7 Å². The summed E-state index contributed by atoms with van der Waals surface area (Å²) < 4.78 is 20.7. The Kier molecular flexibility index (Phi) is 10.1. The Morgan fingerprint density at radius 2 is 1.93 bits per heavy atom. The van der Waals surface area contributed by atoms with Crippen LogP contribution in [0.3, 0.4) is 0 Å². The minimum atomic E-state index is -1.08. The molecule has 2 N–H and O–H groups in total. The van der Waals surface area contributed by atoms with E-state index >= 15 is 0 Å². The Morgan fingerprint density at radius 1 is 1.10 bits per heavy atom. The first-order valence-electron chi connectivity index (χ1n) is 13.6. The maximum Gasteiger partial charge on any atom is 0.215 e. The van der Waals surface area contributed by atoms with Crippen LogP contribution in [0.25, 0.3) is 6.08 Å². The van der Waals surface area contributed by atoms with Crippen molar-refractivity contribution in [2.24, 2.45) is 5.73 Å². The summed E-state index contributed by atoms with van der Waals surface area (Å²) in [4.78, 5) is 6.46. The number of imidazole rings is 1. The number of hydrogen-bond donors (Lipinski definition) is 1. The number of benzene rings is 3. The molecule has 1 fully saturated rings. The zero-order chi connectivity index (χ0) is 28.5. The SMILES string of the molecule is NCCN(C/C=C/c1ccccc1)Cc1ccc(OC[C@H]2CO[C@](Cn3ccnc3)(c3ccc(Cl)cc3Cl)O2)cc1. The highest BCUT2D eigenvalue weighted by Crippen LogP contribution is 2.40. The number of aromatic nitrogens is 2. The van der Waals surface area contributed by atoms with Crippen molar-refractivity contribution in [1.29, 1.82) is 0 Å². The fraction of sp³-hybridized carbons (Fsp3) is 0.281. The summed E-state index contributed by atoms with van der Waals surface area (Å²) in [6, 6.07) is 23.8. The number of hydrogen-bond acceptors (Lipinski definition) is 6. The molecule has 0 amide bonds. The van der Waals surface area contributed by atoms with Gasteiger partial charge in [-0.15, -0.1) is 0 Å². The summed E-state index contributed by atoms with van der Waals surface area (Å²) >= 11 is 12.7. The Morgan fingerprint density at radius 3 is 2.66 bits per heavy atom. The molecule has 3 aromatic carbocycles. The zero-order valence-corrected chi connectivity index (χ0v) is 24.3. The molecule has 2 atom stereocenters. The van der Waals surface area contributed by atoms with Gasteiger partial charge < -0.3 is 24.5 Å². The molecule has 1 aromatic heterocycles. The highest BCUT2D eigenvalue weighted by molar-refractivity contribution is 6.35. The van der Waals surface area contributed by atoms with E-state index in [2.05, 4.69) is 46.3 Å². The Labute approximate surface area is 251 Å². The van der Waals surface area contributed by atoms with E-state index in [4.69, 9.17) is 43.1 Å². The van der Waals surface area contributed by atoms with E-state index in [9.17, 15) is 0 Å². The van der Waals surface area contributed by atoms with Gasteiger partial charge in [0.25, 0.3) is 0 Å². The standard InChI is InChI=1S/C32H34Cl2N4O3/c33-27-10-13-30(31(34)19-27)32(23-38-18-15-36-24-38)40-22-29(41-32)21-39-28-11-8-26(9-12-28)20-37(17-14-35)16-4-7-25-5-2-1-3-6-25/h1-13,15,18-19,24,29H,14,16-17,20-23,35H2/b7-4+/t29-,32-/m0/s1. The van der Waals surface area contributed by atoms with Crippen LogP contribution in [-0.4, -0.2) is 53.4 Å². The molecule has 1 aliphatic rings.